The van der Waals surface area contributed by atoms with E-state index in [4.69, 9.17) is 11.6 Å². The van der Waals surface area contributed by atoms with Crippen molar-refractivity contribution in [3.05, 3.63) is 41.9 Å². The molecule has 1 aromatic rings. The van der Waals surface area contributed by atoms with Crippen LogP contribution in [0, 0.1) is 0 Å². The van der Waals surface area contributed by atoms with Crippen LogP contribution in [-0.4, -0.2) is 27.5 Å². The first-order valence-corrected chi connectivity index (χ1v) is 8.03. The molecule has 0 fully saturated rings. The molecular formula is C13H18ClN3O2S. The molecule has 1 aromatic carbocycles. The van der Waals surface area contributed by atoms with Crippen molar-refractivity contribution < 1.29 is 8.42 Å². The van der Waals surface area contributed by atoms with Gasteiger partial charge in [-0.25, -0.2) is 13.1 Å². The number of rotatable bonds is 6. The maximum absolute atomic E-state index is 12.2. The predicted octanol–water partition coefficient (Wildman–Crippen LogP) is 2.16. The molecule has 0 spiro atoms. The van der Waals surface area contributed by atoms with Gasteiger partial charge in [0, 0.05) is 18.1 Å². The van der Waals surface area contributed by atoms with Gasteiger partial charge in [0.15, 0.2) is 0 Å². The number of hydrogen-bond donors (Lipinski definition) is 2. The van der Waals surface area contributed by atoms with Crippen LogP contribution in [0.4, 0.5) is 0 Å². The molecular weight excluding hydrogens is 298 g/mol. The van der Waals surface area contributed by atoms with Crippen LogP contribution < -0.4 is 10.0 Å². The average Bonchev–Trinajstić information content (AvgIpc) is 2.42. The van der Waals surface area contributed by atoms with Crippen molar-refractivity contribution in [3.63, 3.8) is 0 Å². The van der Waals surface area contributed by atoms with Gasteiger partial charge in [-0.1, -0.05) is 24.6 Å². The Labute approximate surface area is 124 Å². The highest BCUT2D eigenvalue weighted by Gasteiger charge is 2.15. The summed E-state index contributed by atoms with van der Waals surface area (Å²) >= 11 is 5.74. The van der Waals surface area contributed by atoms with Crippen molar-refractivity contribution in [1.82, 2.24) is 10.0 Å². The van der Waals surface area contributed by atoms with E-state index in [1.807, 2.05) is 6.92 Å². The maximum Gasteiger partial charge on any atom is 0.264 e. The average molecular weight is 316 g/mol. The van der Waals surface area contributed by atoms with Crippen molar-refractivity contribution in [1.29, 1.82) is 0 Å². The zero-order chi connectivity index (χ0) is 15.0. The Morgan fingerprint density at radius 1 is 1.40 bits per heavy atom. The molecule has 110 valence electrons. The molecule has 0 atom stereocenters. The molecule has 5 nitrogen and oxygen atoms in total. The highest BCUT2D eigenvalue weighted by molar-refractivity contribution is 7.90. The lowest BCUT2D eigenvalue weighted by atomic mass is 10.4. The van der Waals surface area contributed by atoms with Gasteiger partial charge < -0.3 is 5.32 Å². The van der Waals surface area contributed by atoms with Gasteiger partial charge in [0.25, 0.3) is 10.0 Å². The second-order valence-corrected chi connectivity index (χ2v) is 6.08. The van der Waals surface area contributed by atoms with E-state index in [-0.39, 0.29) is 10.9 Å². The molecule has 2 N–H and O–H groups in total. The quantitative estimate of drug-likeness (QED) is 0.480. The molecule has 0 bridgehead atoms. The van der Waals surface area contributed by atoms with Gasteiger partial charge in [-0.3, -0.25) is 4.99 Å². The number of halogens is 1. The number of benzene rings is 1. The van der Waals surface area contributed by atoms with Crippen LogP contribution in [0.5, 0.6) is 0 Å². The maximum atomic E-state index is 12.2. The van der Waals surface area contributed by atoms with E-state index in [9.17, 15) is 8.42 Å². The van der Waals surface area contributed by atoms with Crippen molar-refractivity contribution in [2.24, 2.45) is 4.99 Å². The third kappa shape index (κ3) is 5.22. The Morgan fingerprint density at radius 2 is 2.05 bits per heavy atom. The molecule has 0 amide bonds. The molecule has 0 heterocycles. The van der Waals surface area contributed by atoms with E-state index < -0.39 is 10.0 Å². The first-order valence-electron chi connectivity index (χ1n) is 6.17. The lowest BCUT2D eigenvalue weighted by Crippen LogP contribution is -2.41. The molecule has 0 radical (unpaired) electrons. The van der Waals surface area contributed by atoms with Crippen LogP contribution in [-0.2, 0) is 10.0 Å². The van der Waals surface area contributed by atoms with Crippen molar-refractivity contribution in [3.8, 4) is 0 Å². The third-order valence-corrected chi connectivity index (χ3v) is 3.87. The summed E-state index contributed by atoms with van der Waals surface area (Å²) in [4.78, 5) is 4.28. The molecule has 1 rings (SSSR count). The van der Waals surface area contributed by atoms with Gasteiger partial charge in [0.1, 0.15) is 0 Å². The van der Waals surface area contributed by atoms with Crippen LogP contribution in [0.15, 0.2) is 46.8 Å². The van der Waals surface area contributed by atoms with E-state index in [0.717, 1.165) is 6.42 Å². The first-order chi connectivity index (χ1) is 9.49. The van der Waals surface area contributed by atoms with E-state index in [1.54, 1.807) is 6.08 Å². The fourth-order valence-corrected chi connectivity index (χ4v) is 2.45. The van der Waals surface area contributed by atoms with E-state index in [2.05, 4.69) is 21.6 Å². The van der Waals surface area contributed by atoms with E-state index >= 15 is 0 Å². The second kappa shape index (κ2) is 7.91. The Balaban J connectivity index is 2.90. The first kappa shape index (κ1) is 16.5. The topological polar surface area (TPSA) is 70.6 Å². The zero-order valence-corrected chi connectivity index (χ0v) is 12.8. The van der Waals surface area contributed by atoms with Crippen LogP contribution in [0.3, 0.4) is 0 Å². The van der Waals surface area contributed by atoms with Crippen LogP contribution in [0.25, 0.3) is 0 Å². The number of sulfonamides is 1. The molecule has 0 aliphatic heterocycles. The lowest BCUT2D eigenvalue weighted by Gasteiger charge is -2.12. The summed E-state index contributed by atoms with van der Waals surface area (Å²) in [5, 5.41) is 3.34. The normalized spacial score (nSPS) is 12.0. The Kier molecular flexibility index (Phi) is 6.54. The molecule has 7 heteroatoms. The molecule has 0 unspecified atom stereocenters. The summed E-state index contributed by atoms with van der Waals surface area (Å²) in [5.41, 5.74) is 0. The third-order valence-electron chi connectivity index (χ3n) is 2.26. The summed E-state index contributed by atoms with van der Waals surface area (Å²) in [6.07, 6.45) is 2.44. The van der Waals surface area contributed by atoms with Crippen LogP contribution in [0.1, 0.15) is 13.3 Å². The van der Waals surface area contributed by atoms with Crippen molar-refractivity contribution in [2.75, 3.05) is 13.1 Å². The minimum Gasteiger partial charge on any atom is -0.352 e. The fraction of sp³-hybridized carbons (Fsp3) is 0.308. The van der Waals surface area contributed by atoms with Gasteiger partial charge in [-0.15, -0.1) is 6.58 Å². The lowest BCUT2D eigenvalue weighted by molar-refractivity contribution is 0.591. The highest BCUT2D eigenvalue weighted by Crippen LogP contribution is 2.13. The van der Waals surface area contributed by atoms with E-state index in [0.29, 0.717) is 18.1 Å². The highest BCUT2D eigenvalue weighted by atomic mass is 35.5. The standard InChI is InChI=1S/C13H18ClN3O2S/c1-3-9-15-13(16-10-4-2)17-20(18,19)12-7-5-11(14)6-8-12/h3,5-8H,1,4,9-10H2,2H3,(H2,15,16,17). The van der Waals surface area contributed by atoms with Crippen molar-refractivity contribution >= 4 is 27.6 Å². The molecule has 0 saturated carbocycles. The number of guanidine groups is 1. The van der Waals surface area contributed by atoms with Crippen LogP contribution >= 0.6 is 11.6 Å². The Hall–Kier alpha value is -1.53. The fourth-order valence-electron chi connectivity index (χ4n) is 1.32. The summed E-state index contributed by atoms with van der Waals surface area (Å²) in [6.45, 7) is 6.48. The zero-order valence-electron chi connectivity index (χ0n) is 11.3. The number of aliphatic imine (C=N–C) groups is 1. The van der Waals surface area contributed by atoms with E-state index in [1.165, 1.54) is 24.3 Å². The Morgan fingerprint density at radius 3 is 2.60 bits per heavy atom. The number of nitrogens with one attached hydrogen (secondary N) is 2. The summed E-state index contributed by atoms with van der Waals surface area (Å²) < 4.78 is 26.8. The van der Waals surface area contributed by atoms with Gasteiger partial charge in [-0.05, 0) is 30.7 Å². The Bertz CT molecular complexity index is 568. The molecule has 0 aliphatic carbocycles. The minimum atomic E-state index is -3.67. The second-order valence-electron chi connectivity index (χ2n) is 3.96. The minimum absolute atomic E-state index is 0.131. The molecule has 0 aromatic heterocycles. The van der Waals surface area contributed by atoms with Crippen molar-refractivity contribution in [2.45, 2.75) is 18.2 Å². The van der Waals surface area contributed by atoms with Gasteiger partial charge in [0.2, 0.25) is 5.96 Å². The van der Waals surface area contributed by atoms with Gasteiger partial charge in [0.05, 0.1) is 4.90 Å². The smallest absolute Gasteiger partial charge is 0.264 e. The number of hydrogen-bond acceptors (Lipinski definition) is 3. The SMILES string of the molecule is C=CCNC(=NCCC)NS(=O)(=O)c1ccc(Cl)cc1. The summed E-state index contributed by atoms with van der Waals surface area (Å²) in [6, 6.07) is 5.93. The van der Waals surface area contributed by atoms with Gasteiger partial charge >= 0.3 is 0 Å². The van der Waals surface area contributed by atoms with Crippen LogP contribution in [0.2, 0.25) is 5.02 Å². The predicted molar refractivity (Wildman–Crippen MR) is 82.6 cm³/mol. The monoisotopic (exact) mass is 315 g/mol. The molecule has 20 heavy (non-hydrogen) atoms. The summed E-state index contributed by atoms with van der Waals surface area (Å²) in [7, 11) is -3.67. The number of nitrogens with zero attached hydrogens (tertiary/aromatic N) is 1. The molecule has 0 saturated heterocycles. The molecule has 0 aliphatic rings. The largest absolute Gasteiger partial charge is 0.352 e. The van der Waals surface area contributed by atoms with Gasteiger partial charge in [-0.2, -0.15) is 0 Å². The summed E-state index contributed by atoms with van der Waals surface area (Å²) in [5.74, 6) is 0.210.